The lowest BCUT2D eigenvalue weighted by molar-refractivity contribution is -0.136. The number of pyridine rings is 1. The molecular formula is C27H30N4O4. The van der Waals surface area contributed by atoms with Gasteiger partial charge in [-0.25, -0.2) is 4.98 Å². The molecule has 0 spiro atoms. The van der Waals surface area contributed by atoms with E-state index in [0.29, 0.717) is 56.4 Å². The molecule has 0 aliphatic carbocycles. The van der Waals surface area contributed by atoms with Gasteiger partial charge in [-0.1, -0.05) is 42.5 Å². The van der Waals surface area contributed by atoms with Crippen LogP contribution >= 0.6 is 0 Å². The van der Waals surface area contributed by atoms with Gasteiger partial charge in [0.15, 0.2) is 0 Å². The summed E-state index contributed by atoms with van der Waals surface area (Å²) in [5, 5.41) is 2.87. The Balaban J connectivity index is 1.24. The van der Waals surface area contributed by atoms with E-state index in [1.54, 1.807) is 24.4 Å². The number of ether oxygens (including phenoxy) is 2. The highest BCUT2D eigenvalue weighted by molar-refractivity contribution is 6.06. The molecule has 8 nitrogen and oxygen atoms in total. The molecule has 2 amide bonds. The Kier molecular flexibility index (Phi) is 8.30. The van der Waals surface area contributed by atoms with Crippen molar-refractivity contribution in [1.29, 1.82) is 0 Å². The van der Waals surface area contributed by atoms with Crippen LogP contribution in [-0.2, 0) is 16.1 Å². The molecule has 0 saturated carbocycles. The second-order valence-electron chi connectivity index (χ2n) is 8.13. The highest BCUT2D eigenvalue weighted by Gasteiger charge is 2.22. The normalized spacial score (nSPS) is 13.4. The van der Waals surface area contributed by atoms with Crippen LogP contribution in [0.5, 0.6) is 5.75 Å². The molecule has 1 aliphatic rings. The number of para-hydroxylation sites is 1. The Bertz CT molecular complexity index is 1110. The van der Waals surface area contributed by atoms with Crippen LogP contribution in [0.25, 0.3) is 0 Å². The number of nitrogens with one attached hydrogen (secondary N) is 1. The van der Waals surface area contributed by atoms with E-state index in [1.807, 2.05) is 60.4 Å². The zero-order chi connectivity index (χ0) is 24.5. The molecule has 0 atom stereocenters. The molecule has 1 N–H and O–H groups in total. The van der Waals surface area contributed by atoms with E-state index < -0.39 is 0 Å². The van der Waals surface area contributed by atoms with Gasteiger partial charge in [-0.2, -0.15) is 0 Å². The maximum absolute atomic E-state index is 12.7. The summed E-state index contributed by atoms with van der Waals surface area (Å²) in [6.45, 7) is 5.47. The van der Waals surface area contributed by atoms with E-state index in [-0.39, 0.29) is 18.4 Å². The summed E-state index contributed by atoms with van der Waals surface area (Å²) in [4.78, 5) is 33.6. The van der Waals surface area contributed by atoms with Gasteiger partial charge in [-0.15, -0.1) is 0 Å². The van der Waals surface area contributed by atoms with Crippen LogP contribution in [0.4, 0.5) is 11.5 Å². The minimum atomic E-state index is -0.245. The molecule has 3 aromatic rings. The Morgan fingerprint density at radius 1 is 0.943 bits per heavy atom. The van der Waals surface area contributed by atoms with E-state index in [0.717, 1.165) is 11.4 Å². The first kappa shape index (κ1) is 24.2. The van der Waals surface area contributed by atoms with Gasteiger partial charge >= 0.3 is 0 Å². The third kappa shape index (κ3) is 6.58. The van der Waals surface area contributed by atoms with Crippen molar-refractivity contribution in [3.05, 3.63) is 84.1 Å². The summed E-state index contributed by atoms with van der Waals surface area (Å²) in [6, 6.07) is 20.7. The largest absolute Gasteiger partial charge is 0.493 e. The predicted molar refractivity (Wildman–Crippen MR) is 135 cm³/mol. The number of hydrogen-bond donors (Lipinski definition) is 1. The highest BCUT2D eigenvalue weighted by atomic mass is 16.5. The first-order valence-corrected chi connectivity index (χ1v) is 11.8. The van der Waals surface area contributed by atoms with Gasteiger partial charge in [0, 0.05) is 26.2 Å². The molecule has 182 valence electrons. The molecule has 1 aliphatic heterocycles. The standard InChI is InChI=1S/C27H30N4O4/c1-2-35-24-11-7-6-10-23(24)27(33)29-22-12-13-25(28-18-22)30-14-16-31(17-15-30)26(32)20-34-19-21-8-4-3-5-9-21/h3-13,18H,2,14-17,19-20H2,1H3,(H,29,33). The smallest absolute Gasteiger partial charge is 0.259 e. The first-order valence-electron chi connectivity index (χ1n) is 11.8. The summed E-state index contributed by atoms with van der Waals surface area (Å²) in [6.07, 6.45) is 1.64. The van der Waals surface area contributed by atoms with E-state index in [1.165, 1.54) is 0 Å². The SMILES string of the molecule is CCOc1ccccc1C(=O)Nc1ccc(N2CCN(C(=O)COCc3ccccc3)CC2)nc1. The Morgan fingerprint density at radius 2 is 1.69 bits per heavy atom. The number of amides is 2. The van der Waals surface area contributed by atoms with Crippen LogP contribution in [0.15, 0.2) is 72.9 Å². The number of aromatic nitrogens is 1. The lowest BCUT2D eigenvalue weighted by atomic mass is 10.2. The molecule has 4 rings (SSSR count). The molecule has 1 fully saturated rings. The molecule has 0 unspecified atom stereocenters. The van der Waals surface area contributed by atoms with Gasteiger partial charge in [0.1, 0.15) is 18.2 Å². The third-order valence-corrected chi connectivity index (χ3v) is 5.73. The van der Waals surface area contributed by atoms with Crippen LogP contribution in [0.2, 0.25) is 0 Å². The Hall–Kier alpha value is -3.91. The topological polar surface area (TPSA) is 84.0 Å². The molecule has 1 saturated heterocycles. The summed E-state index contributed by atoms with van der Waals surface area (Å²) in [5.41, 5.74) is 2.13. The van der Waals surface area contributed by atoms with Crippen molar-refractivity contribution >= 4 is 23.3 Å². The van der Waals surface area contributed by atoms with Gasteiger partial charge in [0.25, 0.3) is 5.91 Å². The van der Waals surface area contributed by atoms with Crippen LogP contribution in [0.3, 0.4) is 0 Å². The molecule has 2 heterocycles. The van der Waals surface area contributed by atoms with Crippen molar-refractivity contribution in [3.63, 3.8) is 0 Å². The summed E-state index contributed by atoms with van der Waals surface area (Å²) < 4.78 is 11.1. The molecule has 35 heavy (non-hydrogen) atoms. The Labute approximate surface area is 205 Å². The van der Waals surface area contributed by atoms with Crippen LogP contribution < -0.4 is 15.0 Å². The fourth-order valence-corrected chi connectivity index (χ4v) is 3.89. The monoisotopic (exact) mass is 474 g/mol. The second kappa shape index (κ2) is 12.0. The first-order chi connectivity index (χ1) is 17.1. The Morgan fingerprint density at radius 3 is 2.40 bits per heavy atom. The van der Waals surface area contributed by atoms with Crippen molar-refractivity contribution in [1.82, 2.24) is 9.88 Å². The maximum atomic E-state index is 12.7. The minimum absolute atomic E-state index is 0.000987. The van der Waals surface area contributed by atoms with Gasteiger partial charge < -0.3 is 24.6 Å². The van der Waals surface area contributed by atoms with Crippen molar-refractivity contribution in [3.8, 4) is 5.75 Å². The molecule has 0 radical (unpaired) electrons. The van der Waals surface area contributed by atoms with Crippen molar-refractivity contribution < 1.29 is 19.1 Å². The van der Waals surface area contributed by atoms with Gasteiger partial charge in [0.2, 0.25) is 5.91 Å². The number of anilines is 2. The molecule has 2 aromatic carbocycles. The number of rotatable bonds is 9. The third-order valence-electron chi connectivity index (χ3n) is 5.73. The number of nitrogens with zero attached hydrogens (tertiary/aromatic N) is 3. The molecular weight excluding hydrogens is 444 g/mol. The average Bonchev–Trinajstić information content (AvgIpc) is 2.90. The number of hydrogen-bond acceptors (Lipinski definition) is 6. The van der Waals surface area contributed by atoms with E-state index in [4.69, 9.17) is 9.47 Å². The van der Waals surface area contributed by atoms with E-state index in [2.05, 4.69) is 15.2 Å². The van der Waals surface area contributed by atoms with Crippen molar-refractivity contribution in [2.45, 2.75) is 13.5 Å². The lowest BCUT2D eigenvalue weighted by Gasteiger charge is -2.35. The highest BCUT2D eigenvalue weighted by Crippen LogP contribution is 2.21. The molecule has 0 bridgehead atoms. The summed E-state index contributed by atoms with van der Waals surface area (Å²) in [7, 11) is 0. The summed E-state index contributed by atoms with van der Waals surface area (Å²) >= 11 is 0. The number of carbonyl (C=O) groups is 2. The van der Waals surface area contributed by atoms with Crippen molar-refractivity contribution in [2.75, 3.05) is 49.6 Å². The predicted octanol–water partition coefficient (Wildman–Crippen LogP) is 3.60. The number of carbonyl (C=O) groups excluding carboxylic acids is 2. The fourth-order valence-electron chi connectivity index (χ4n) is 3.89. The molecule has 8 heteroatoms. The minimum Gasteiger partial charge on any atom is -0.493 e. The van der Waals surface area contributed by atoms with E-state index >= 15 is 0 Å². The molecule has 1 aromatic heterocycles. The van der Waals surface area contributed by atoms with Gasteiger partial charge in [0.05, 0.1) is 30.7 Å². The second-order valence-corrected chi connectivity index (χ2v) is 8.13. The lowest BCUT2D eigenvalue weighted by Crippen LogP contribution is -2.50. The quantitative estimate of drug-likeness (QED) is 0.510. The number of benzene rings is 2. The average molecular weight is 475 g/mol. The summed E-state index contributed by atoms with van der Waals surface area (Å²) in [5.74, 6) is 1.12. The van der Waals surface area contributed by atoms with Gasteiger partial charge in [-0.3, -0.25) is 9.59 Å². The van der Waals surface area contributed by atoms with Crippen LogP contribution in [-0.4, -0.2) is 61.1 Å². The van der Waals surface area contributed by atoms with Crippen molar-refractivity contribution in [2.24, 2.45) is 0 Å². The maximum Gasteiger partial charge on any atom is 0.259 e. The number of piperazine rings is 1. The zero-order valence-corrected chi connectivity index (χ0v) is 19.9. The fraction of sp³-hybridized carbons (Fsp3) is 0.296. The van der Waals surface area contributed by atoms with Crippen LogP contribution in [0.1, 0.15) is 22.8 Å². The zero-order valence-electron chi connectivity index (χ0n) is 19.9. The van der Waals surface area contributed by atoms with Crippen LogP contribution in [0, 0.1) is 0 Å². The van der Waals surface area contributed by atoms with Gasteiger partial charge in [-0.05, 0) is 36.8 Å². The van der Waals surface area contributed by atoms with E-state index in [9.17, 15) is 9.59 Å².